The number of nitrogens with zero attached hydrogens (tertiary/aromatic N) is 1. The monoisotopic (exact) mass is 610 g/mol. The molecule has 4 aliphatic rings. The molecule has 11 atom stereocenters. The molecule has 2 aromatic rings. The van der Waals surface area contributed by atoms with Crippen molar-refractivity contribution in [3.63, 3.8) is 0 Å². The number of aromatic nitrogens is 1. The van der Waals surface area contributed by atoms with Gasteiger partial charge in [-0.2, -0.15) is 0 Å². The number of hydrogen-bond donors (Lipinski definition) is 3. The highest BCUT2D eigenvalue weighted by molar-refractivity contribution is 7.90. The number of nitrogens with one attached hydrogen (secondary N) is 1. The van der Waals surface area contributed by atoms with E-state index in [-0.39, 0.29) is 46.2 Å². The average molecular weight is 611 g/mol. The van der Waals surface area contributed by atoms with E-state index in [9.17, 15) is 23.4 Å². The number of hydrogen-bond acceptors (Lipinski definition) is 6. The van der Waals surface area contributed by atoms with Crippen molar-refractivity contribution in [1.82, 2.24) is 9.71 Å². The SMILES string of the molecule is CC[C@@H]1C2C[C@H](O)CCC2(C)[C@H]2CCC3(C)C([C@H](C)CCC(=O)NS(=O)(=O)c4cccc5ncccc45)CC[C@H]3[C@@H]2[C@@H]1O. The van der Waals surface area contributed by atoms with Crippen molar-refractivity contribution in [2.45, 2.75) is 109 Å². The zero-order chi connectivity index (χ0) is 30.7. The summed E-state index contributed by atoms with van der Waals surface area (Å²) in [6.45, 7) is 9.34. The molecule has 1 heterocycles. The van der Waals surface area contributed by atoms with Crippen LogP contribution in [0.25, 0.3) is 10.9 Å². The van der Waals surface area contributed by atoms with E-state index in [2.05, 4.69) is 37.4 Å². The van der Waals surface area contributed by atoms with Gasteiger partial charge in [-0.1, -0.05) is 40.2 Å². The zero-order valence-electron chi connectivity index (χ0n) is 26.2. The first-order valence-electron chi connectivity index (χ1n) is 16.7. The van der Waals surface area contributed by atoms with Gasteiger partial charge in [0.15, 0.2) is 0 Å². The molecular weight excluding hydrogens is 560 g/mol. The lowest BCUT2D eigenvalue weighted by Crippen LogP contribution is -2.62. The number of benzene rings is 1. The number of pyridine rings is 1. The summed E-state index contributed by atoms with van der Waals surface area (Å²) in [6, 6.07) is 8.32. The Balaban J connectivity index is 1.14. The minimum Gasteiger partial charge on any atom is -0.393 e. The van der Waals surface area contributed by atoms with Crippen molar-refractivity contribution in [3.05, 3.63) is 36.5 Å². The van der Waals surface area contributed by atoms with E-state index in [1.807, 2.05) is 0 Å². The normalized spacial score (nSPS) is 39.9. The Labute approximate surface area is 257 Å². The number of amides is 1. The number of aliphatic hydroxyl groups excluding tert-OH is 2. The lowest BCUT2D eigenvalue weighted by atomic mass is 9.41. The molecule has 0 aliphatic heterocycles. The Kier molecular flexibility index (Phi) is 8.21. The predicted molar refractivity (Wildman–Crippen MR) is 167 cm³/mol. The van der Waals surface area contributed by atoms with Gasteiger partial charge in [-0.3, -0.25) is 9.78 Å². The summed E-state index contributed by atoms with van der Waals surface area (Å²) in [6.07, 6.45) is 10.0. The number of fused-ring (bicyclic) bond motifs is 6. The highest BCUT2D eigenvalue weighted by atomic mass is 32.2. The number of sulfonamides is 1. The van der Waals surface area contributed by atoms with Crippen LogP contribution in [-0.4, -0.2) is 41.7 Å². The van der Waals surface area contributed by atoms with Crippen molar-refractivity contribution in [2.75, 3.05) is 0 Å². The molecule has 0 radical (unpaired) electrons. The van der Waals surface area contributed by atoms with Gasteiger partial charge in [-0.05, 0) is 128 Å². The van der Waals surface area contributed by atoms with Gasteiger partial charge >= 0.3 is 0 Å². The van der Waals surface area contributed by atoms with Crippen LogP contribution in [0.3, 0.4) is 0 Å². The molecular formula is C35H50N2O5S. The van der Waals surface area contributed by atoms with Crippen molar-refractivity contribution >= 4 is 26.8 Å². The molecule has 0 spiro atoms. The summed E-state index contributed by atoms with van der Waals surface area (Å²) in [4.78, 5) is 17.3. The molecule has 4 unspecified atom stereocenters. The second kappa shape index (κ2) is 11.4. The van der Waals surface area contributed by atoms with Gasteiger partial charge in [0.05, 0.1) is 22.6 Å². The Bertz CT molecular complexity index is 1460. The quantitative estimate of drug-likeness (QED) is 0.350. The molecule has 1 aromatic carbocycles. The molecule has 1 aromatic heterocycles. The second-order valence-corrected chi connectivity index (χ2v) is 16.6. The third-order valence-corrected chi connectivity index (χ3v) is 14.6. The average Bonchev–Trinajstić information content (AvgIpc) is 3.33. The van der Waals surface area contributed by atoms with E-state index in [0.717, 1.165) is 51.4 Å². The van der Waals surface area contributed by atoms with Gasteiger partial charge in [0.2, 0.25) is 5.91 Å². The number of aliphatic hydroxyl groups is 2. The predicted octanol–water partition coefficient (Wildman–Crippen LogP) is 6.08. The molecule has 4 saturated carbocycles. The van der Waals surface area contributed by atoms with E-state index in [0.29, 0.717) is 46.9 Å². The van der Waals surface area contributed by atoms with Crippen LogP contribution in [0, 0.1) is 52.3 Å². The van der Waals surface area contributed by atoms with Crippen LogP contribution >= 0.6 is 0 Å². The second-order valence-electron chi connectivity index (χ2n) is 15.0. The van der Waals surface area contributed by atoms with Gasteiger partial charge in [0.25, 0.3) is 10.0 Å². The molecule has 4 aliphatic carbocycles. The summed E-state index contributed by atoms with van der Waals surface area (Å²) < 4.78 is 28.6. The first-order valence-corrected chi connectivity index (χ1v) is 18.1. The van der Waals surface area contributed by atoms with Crippen LogP contribution in [0.2, 0.25) is 0 Å². The molecule has 8 heteroatoms. The van der Waals surface area contributed by atoms with Crippen LogP contribution in [0.1, 0.15) is 91.9 Å². The minimum atomic E-state index is -4.01. The van der Waals surface area contributed by atoms with Gasteiger partial charge < -0.3 is 10.2 Å². The molecule has 43 heavy (non-hydrogen) atoms. The molecule has 1 amide bonds. The molecule has 236 valence electrons. The highest BCUT2D eigenvalue weighted by Crippen LogP contribution is 2.69. The lowest BCUT2D eigenvalue weighted by molar-refractivity contribution is -0.203. The van der Waals surface area contributed by atoms with Crippen LogP contribution < -0.4 is 4.72 Å². The summed E-state index contributed by atoms with van der Waals surface area (Å²) in [5.74, 6) is 2.12. The summed E-state index contributed by atoms with van der Waals surface area (Å²) in [5, 5.41) is 23.0. The Morgan fingerprint density at radius 2 is 1.77 bits per heavy atom. The Morgan fingerprint density at radius 3 is 2.53 bits per heavy atom. The number of carbonyl (C=O) groups is 1. The Hall–Kier alpha value is -2.03. The van der Waals surface area contributed by atoms with Crippen molar-refractivity contribution in [2.24, 2.45) is 52.3 Å². The Morgan fingerprint density at radius 1 is 1.02 bits per heavy atom. The van der Waals surface area contributed by atoms with E-state index in [1.54, 1.807) is 30.5 Å². The highest BCUT2D eigenvalue weighted by Gasteiger charge is 2.64. The summed E-state index contributed by atoms with van der Waals surface area (Å²) in [7, 11) is -4.01. The van der Waals surface area contributed by atoms with E-state index in [4.69, 9.17) is 0 Å². The first-order chi connectivity index (χ1) is 20.4. The molecule has 7 nitrogen and oxygen atoms in total. The van der Waals surface area contributed by atoms with Gasteiger partial charge in [0.1, 0.15) is 0 Å². The van der Waals surface area contributed by atoms with Crippen LogP contribution in [0.15, 0.2) is 41.4 Å². The van der Waals surface area contributed by atoms with Gasteiger partial charge in [-0.15, -0.1) is 0 Å². The fraction of sp³-hybridized carbons (Fsp3) is 0.714. The summed E-state index contributed by atoms with van der Waals surface area (Å²) in [5.41, 5.74) is 0.859. The lowest BCUT2D eigenvalue weighted by Gasteiger charge is -2.64. The fourth-order valence-corrected chi connectivity index (χ4v) is 12.3. The number of rotatable bonds is 7. The standard InChI is InChI=1S/C35H50N2O5S/c1-5-23-28-20-22(38)15-17-35(28,4)27-16-18-34(3)25(12-13-26(34)32(27)33(23)40)21(2)11-14-31(39)37-43(41,42)30-10-6-9-29-24(30)8-7-19-36-29/h6-10,19,21-23,25-28,32-33,38,40H,5,11-18,20H2,1-4H3,(H,37,39)/t21-,22-,23-,25?,26+,27+,28?,32+,33-,34?,35?/m1/s1. The van der Waals surface area contributed by atoms with E-state index < -0.39 is 15.9 Å². The third-order valence-electron chi connectivity index (χ3n) is 13.1. The maximum Gasteiger partial charge on any atom is 0.264 e. The molecule has 6 rings (SSSR count). The van der Waals surface area contributed by atoms with Crippen molar-refractivity contribution < 1.29 is 23.4 Å². The number of carbonyl (C=O) groups excluding carboxylic acids is 1. The maximum atomic E-state index is 13.2. The molecule has 0 saturated heterocycles. The van der Waals surface area contributed by atoms with E-state index in [1.165, 1.54) is 6.07 Å². The third kappa shape index (κ3) is 5.13. The van der Waals surface area contributed by atoms with Crippen LogP contribution in [0.5, 0.6) is 0 Å². The van der Waals surface area contributed by atoms with Crippen LogP contribution in [-0.2, 0) is 14.8 Å². The maximum absolute atomic E-state index is 13.2. The topological polar surface area (TPSA) is 117 Å². The van der Waals surface area contributed by atoms with Crippen molar-refractivity contribution in [3.8, 4) is 0 Å². The van der Waals surface area contributed by atoms with Gasteiger partial charge in [0, 0.05) is 18.0 Å². The molecule has 3 N–H and O–H groups in total. The smallest absolute Gasteiger partial charge is 0.264 e. The first kappa shape index (κ1) is 31.0. The largest absolute Gasteiger partial charge is 0.393 e. The molecule has 0 bridgehead atoms. The fourth-order valence-electron chi connectivity index (χ4n) is 11.1. The van der Waals surface area contributed by atoms with Gasteiger partial charge in [-0.25, -0.2) is 13.1 Å². The summed E-state index contributed by atoms with van der Waals surface area (Å²) >= 11 is 0. The minimum absolute atomic E-state index is 0.0715. The zero-order valence-corrected chi connectivity index (χ0v) is 27.0. The molecule has 4 fully saturated rings. The van der Waals surface area contributed by atoms with Crippen molar-refractivity contribution in [1.29, 1.82) is 0 Å². The van der Waals surface area contributed by atoms with E-state index >= 15 is 0 Å². The van der Waals surface area contributed by atoms with Crippen LogP contribution in [0.4, 0.5) is 0 Å².